The first-order chi connectivity index (χ1) is 11.7. The highest BCUT2D eigenvalue weighted by atomic mass is 32.1. The molecule has 2 aromatic carbocycles. The first-order valence-electron chi connectivity index (χ1n) is 7.21. The van der Waals surface area contributed by atoms with Gasteiger partial charge in [-0.1, -0.05) is 30.3 Å². The molecule has 0 atom stereocenters. The third-order valence-electron chi connectivity index (χ3n) is 3.38. The zero-order valence-corrected chi connectivity index (χ0v) is 13.7. The summed E-state index contributed by atoms with van der Waals surface area (Å²) in [6, 6.07) is 15.2. The Balaban J connectivity index is 1.91. The van der Waals surface area contributed by atoms with Gasteiger partial charge in [-0.25, -0.2) is 9.78 Å². The number of carboxylic acid groups (broad SMARTS) is 1. The minimum Gasteiger partial charge on any atom is -0.497 e. The lowest BCUT2D eigenvalue weighted by Gasteiger charge is -2.12. The smallest absolute Gasteiger partial charge is 0.355 e. The maximum absolute atomic E-state index is 11.0. The van der Waals surface area contributed by atoms with Crippen molar-refractivity contribution in [2.75, 3.05) is 7.11 Å². The Kier molecular flexibility index (Phi) is 4.77. The summed E-state index contributed by atoms with van der Waals surface area (Å²) in [6.45, 7) is 0.401. The Hall–Kier alpha value is -2.86. The fourth-order valence-electron chi connectivity index (χ4n) is 2.16. The van der Waals surface area contributed by atoms with Crippen molar-refractivity contribution in [2.24, 2.45) is 0 Å². The molecule has 0 amide bonds. The SMILES string of the molecule is COc1ccc(-c2nc(C(=O)O)cs2)c(OCc2ccccc2)c1. The minimum absolute atomic E-state index is 0.0276. The zero-order chi connectivity index (χ0) is 16.9. The van der Waals surface area contributed by atoms with Crippen LogP contribution in [-0.2, 0) is 6.61 Å². The molecule has 0 aliphatic heterocycles. The van der Waals surface area contributed by atoms with Gasteiger partial charge in [0.1, 0.15) is 23.1 Å². The second kappa shape index (κ2) is 7.14. The monoisotopic (exact) mass is 341 g/mol. The number of hydrogen-bond donors (Lipinski definition) is 1. The molecule has 1 N–H and O–H groups in total. The topological polar surface area (TPSA) is 68.7 Å². The van der Waals surface area contributed by atoms with Gasteiger partial charge in [0.25, 0.3) is 0 Å². The van der Waals surface area contributed by atoms with Crippen molar-refractivity contribution in [3.63, 3.8) is 0 Å². The Bertz CT molecular complexity index is 845. The molecular weight excluding hydrogens is 326 g/mol. The van der Waals surface area contributed by atoms with Gasteiger partial charge in [0.05, 0.1) is 12.7 Å². The van der Waals surface area contributed by atoms with Crippen molar-refractivity contribution in [1.82, 2.24) is 4.98 Å². The van der Waals surface area contributed by atoms with Gasteiger partial charge in [-0.15, -0.1) is 11.3 Å². The van der Waals surface area contributed by atoms with Gasteiger partial charge < -0.3 is 14.6 Å². The third-order valence-corrected chi connectivity index (χ3v) is 4.26. The number of aromatic carboxylic acids is 1. The van der Waals surface area contributed by atoms with E-state index in [1.165, 1.54) is 16.7 Å². The lowest BCUT2D eigenvalue weighted by Crippen LogP contribution is -1.98. The third kappa shape index (κ3) is 3.55. The second-order valence-corrected chi connectivity index (χ2v) is 5.84. The molecule has 5 nitrogen and oxygen atoms in total. The lowest BCUT2D eigenvalue weighted by atomic mass is 10.2. The van der Waals surface area contributed by atoms with Crippen molar-refractivity contribution in [1.29, 1.82) is 0 Å². The van der Waals surface area contributed by atoms with E-state index in [-0.39, 0.29) is 5.69 Å². The number of aromatic nitrogens is 1. The minimum atomic E-state index is -1.04. The standard InChI is InChI=1S/C18H15NO4S/c1-22-13-7-8-14(17-19-15(11-24-17)18(20)21)16(9-13)23-10-12-5-3-2-4-6-12/h2-9,11H,10H2,1H3,(H,20,21). The molecule has 0 aliphatic rings. The number of carboxylic acids is 1. The fourth-order valence-corrected chi connectivity index (χ4v) is 2.98. The van der Waals surface area contributed by atoms with E-state index in [1.807, 2.05) is 36.4 Å². The van der Waals surface area contributed by atoms with Crippen LogP contribution in [0.1, 0.15) is 16.1 Å². The molecule has 0 unspecified atom stereocenters. The highest BCUT2D eigenvalue weighted by molar-refractivity contribution is 7.13. The first-order valence-corrected chi connectivity index (χ1v) is 8.09. The largest absolute Gasteiger partial charge is 0.497 e. The second-order valence-electron chi connectivity index (χ2n) is 4.98. The van der Waals surface area contributed by atoms with Crippen molar-refractivity contribution in [3.8, 4) is 22.1 Å². The summed E-state index contributed by atoms with van der Waals surface area (Å²) in [5.74, 6) is 0.221. The summed E-state index contributed by atoms with van der Waals surface area (Å²) < 4.78 is 11.2. The molecule has 0 bridgehead atoms. The molecule has 3 rings (SSSR count). The Morgan fingerprint density at radius 3 is 2.67 bits per heavy atom. The molecule has 0 spiro atoms. The number of thiazole rings is 1. The van der Waals surface area contributed by atoms with Crippen LogP contribution in [0.4, 0.5) is 0 Å². The summed E-state index contributed by atoms with van der Waals surface area (Å²) in [7, 11) is 1.59. The summed E-state index contributed by atoms with van der Waals surface area (Å²) in [6.07, 6.45) is 0. The number of methoxy groups -OCH3 is 1. The Labute approximate surface area is 143 Å². The maximum atomic E-state index is 11.0. The maximum Gasteiger partial charge on any atom is 0.355 e. The molecule has 6 heteroatoms. The predicted octanol–water partition coefficient (Wildman–Crippen LogP) is 4.10. The van der Waals surface area contributed by atoms with Gasteiger partial charge in [0.2, 0.25) is 0 Å². The summed E-state index contributed by atoms with van der Waals surface area (Å²) in [4.78, 5) is 15.2. The van der Waals surface area contributed by atoms with E-state index < -0.39 is 5.97 Å². The van der Waals surface area contributed by atoms with E-state index in [1.54, 1.807) is 19.2 Å². The van der Waals surface area contributed by atoms with Gasteiger partial charge in [-0.05, 0) is 17.7 Å². The molecule has 0 fully saturated rings. The van der Waals surface area contributed by atoms with Gasteiger partial charge in [-0.3, -0.25) is 0 Å². The molecule has 0 saturated heterocycles. The molecule has 122 valence electrons. The fraction of sp³-hybridized carbons (Fsp3) is 0.111. The van der Waals surface area contributed by atoms with Crippen LogP contribution in [0.3, 0.4) is 0 Å². The van der Waals surface area contributed by atoms with Gasteiger partial charge in [0, 0.05) is 11.4 Å². The van der Waals surface area contributed by atoms with Crippen LogP contribution >= 0.6 is 11.3 Å². The Morgan fingerprint density at radius 2 is 2.00 bits per heavy atom. The van der Waals surface area contributed by atoms with Crippen LogP contribution in [0, 0.1) is 0 Å². The van der Waals surface area contributed by atoms with Gasteiger partial charge in [0.15, 0.2) is 5.69 Å². The van der Waals surface area contributed by atoms with Crippen molar-refractivity contribution in [2.45, 2.75) is 6.61 Å². The van der Waals surface area contributed by atoms with Crippen LogP contribution < -0.4 is 9.47 Å². The van der Waals surface area contributed by atoms with Crippen molar-refractivity contribution >= 4 is 17.3 Å². The van der Waals surface area contributed by atoms with E-state index in [4.69, 9.17) is 14.6 Å². The summed E-state index contributed by atoms with van der Waals surface area (Å²) in [5.41, 5.74) is 1.81. The normalized spacial score (nSPS) is 10.4. The average Bonchev–Trinajstić information content (AvgIpc) is 3.11. The molecule has 0 aliphatic carbocycles. The van der Waals surface area contributed by atoms with Crippen LogP contribution in [0.15, 0.2) is 53.9 Å². The molecule has 1 aromatic heterocycles. The number of carbonyl (C=O) groups is 1. The number of nitrogens with zero attached hydrogens (tertiary/aromatic N) is 1. The zero-order valence-electron chi connectivity index (χ0n) is 12.9. The van der Waals surface area contributed by atoms with Crippen molar-refractivity contribution in [3.05, 3.63) is 65.2 Å². The summed E-state index contributed by atoms with van der Waals surface area (Å²) >= 11 is 1.27. The highest BCUT2D eigenvalue weighted by Gasteiger charge is 2.15. The number of ether oxygens (including phenoxy) is 2. The molecule has 0 radical (unpaired) electrons. The van der Waals surface area contributed by atoms with Crippen molar-refractivity contribution < 1.29 is 19.4 Å². The summed E-state index contributed by atoms with van der Waals surface area (Å²) in [5, 5.41) is 11.2. The van der Waals surface area contributed by atoms with Crippen LogP contribution in [0.2, 0.25) is 0 Å². The van der Waals surface area contributed by atoms with E-state index in [9.17, 15) is 4.79 Å². The van der Waals surface area contributed by atoms with E-state index in [0.29, 0.717) is 23.1 Å². The number of benzene rings is 2. The quantitative estimate of drug-likeness (QED) is 0.731. The van der Waals surface area contributed by atoms with E-state index in [2.05, 4.69) is 4.98 Å². The molecule has 0 saturated carbocycles. The number of rotatable bonds is 6. The molecule has 24 heavy (non-hydrogen) atoms. The molecular formula is C18H15NO4S. The van der Waals surface area contributed by atoms with E-state index >= 15 is 0 Å². The van der Waals surface area contributed by atoms with E-state index in [0.717, 1.165) is 11.1 Å². The predicted molar refractivity (Wildman–Crippen MR) is 91.8 cm³/mol. The molecule has 3 aromatic rings. The van der Waals surface area contributed by atoms with Gasteiger partial charge in [-0.2, -0.15) is 0 Å². The average molecular weight is 341 g/mol. The van der Waals surface area contributed by atoms with Crippen LogP contribution in [-0.4, -0.2) is 23.2 Å². The molecule has 1 heterocycles. The lowest BCUT2D eigenvalue weighted by molar-refractivity contribution is 0.0691. The first kappa shape index (κ1) is 16.0. The Morgan fingerprint density at radius 1 is 1.21 bits per heavy atom. The van der Waals surface area contributed by atoms with Crippen LogP contribution in [0.25, 0.3) is 10.6 Å². The van der Waals surface area contributed by atoms with Gasteiger partial charge >= 0.3 is 5.97 Å². The highest BCUT2D eigenvalue weighted by Crippen LogP contribution is 2.35. The number of hydrogen-bond acceptors (Lipinski definition) is 5. The van der Waals surface area contributed by atoms with Crippen LogP contribution in [0.5, 0.6) is 11.5 Å².